The number of aromatic nitrogens is 3. The first-order valence-corrected chi connectivity index (χ1v) is 9.87. The van der Waals surface area contributed by atoms with Crippen molar-refractivity contribution in [3.63, 3.8) is 0 Å². The molecule has 0 radical (unpaired) electrons. The highest BCUT2D eigenvalue weighted by atomic mass is 35.5. The predicted molar refractivity (Wildman–Crippen MR) is 101 cm³/mol. The molecule has 0 bridgehead atoms. The van der Waals surface area contributed by atoms with Crippen LogP contribution in [0.5, 0.6) is 0 Å². The molecule has 1 fully saturated rings. The Morgan fingerprint density at radius 2 is 2.08 bits per heavy atom. The monoisotopic (exact) mass is 393 g/mol. The molecule has 3 amide bonds. The van der Waals surface area contributed by atoms with Crippen molar-refractivity contribution in [2.75, 3.05) is 5.75 Å². The van der Waals surface area contributed by atoms with Gasteiger partial charge in [-0.3, -0.25) is 14.7 Å². The SMILES string of the molecule is O=C(CSc1nncn1-c1cccc(Cl)c1)NC(=O)NC1CCCCC1. The van der Waals surface area contributed by atoms with Gasteiger partial charge in [0.2, 0.25) is 5.91 Å². The molecule has 0 aliphatic heterocycles. The number of amides is 3. The van der Waals surface area contributed by atoms with E-state index in [0.29, 0.717) is 10.2 Å². The van der Waals surface area contributed by atoms with Crippen LogP contribution < -0.4 is 10.6 Å². The Labute approximate surface area is 160 Å². The smallest absolute Gasteiger partial charge is 0.321 e. The second-order valence-electron chi connectivity index (χ2n) is 6.11. The van der Waals surface area contributed by atoms with Gasteiger partial charge in [-0.15, -0.1) is 10.2 Å². The van der Waals surface area contributed by atoms with E-state index in [1.54, 1.807) is 23.0 Å². The lowest BCUT2D eigenvalue weighted by Gasteiger charge is -2.22. The molecule has 1 aliphatic carbocycles. The lowest BCUT2D eigenvalue weighted by molar-refractivity contribution is -0.117. The van der Waals surface area contributed by atoms with Crippen molar-refractivity contribution in [1.29, 1.82) is 0 Å². The van der Waals surface area contributed by atoms with Gasteiger partial charge < -0.3 is 5.32 Å². The fourth-order valence-electron chi connectivity index (χ4n) is 2.89. The third-order valence-corrected chi connectivity index (χ3v) is 5.31. The summed E-state index contributed by atoms with van der Waals surface area (Å²) < 4.78 is 1.74. The van der Waals surface area contributed by atoms with Crippen LogP contribution >= 0.6 is 23.4 Å². The van der Waals surface area contributed by atoms with E-state index in [1.165, 1.54) is 18.2 Å². The van der Waals surface area contributed by atoms with Gasteiger partial charge in [-0.05, 0) is 31.0 Å². The van der Waals surface area contributed by atoms with Gasteiger partial charge in [0.15, 0.2) is 5.16 Å². The number of thioether (sulfide) groups is 1. The third kappa shape index (κ3) is 5.22. The molecule has 1 aliphatic rings. The van der Waals surface area contributed by atoms with E-state index in [4.69, 9.17) is 11.6 Å². The first-order valence-electron chi connectivity index (χ1n) is 8.51. The maximum Gasteiger partial charge on any atom is 0.321 e. The highest BCUT2D eigenvalue weighted by molar-refractivity contribution is 7.99. The Balaban J connectivity index is 1.50. The van der Waals surface area contributed by atoms with Gasteiger partial charge in [0.1, 0.15) is 6.33 Å². The van der Waals surface area contributed by atoms with E-state index in [2.05, 4.69) is 20.8 Å². The van der Waals surface area contributed by atoms with Crippen LogP contribution in [0.1, 0.15) is 32.1 Å². The van der Waals surface area contributed by atoms with E-state index >= 15 is 0 Å². The zero-order chi connectivity index (χ0) is 18.4. The van der Waals surface area contributed by atoms with E-state index < -0.39 is 6.03 Å². The van der Waals surface area contributed by atoms with Crippen molar-refractivity contribution in [2.24, 2.45) is 0 Å². The standard InChI is InChI=1S/C17H20ClN5O2S/c18-12-5-4-8-14(9-12)23-11-19-22-17(23)26-10-15(24)21-16(25)20-13-6-2-1-3-7-13/h4-5,8-9,11,13H,1-3,6-7,10H2,(H2,20,21,24,25). The Kier molecular flexibility index (Phi) is 6.51. The molecule has 2 N–H and O–H groups in total. The fourth-order valence-corrected chi connectivity index (χ4v) is 3.80. The first-order chi connectivity index (χ1) is 12.6. The summed E-state index contributed by atoms with van der Waals surface area (Å²) in [6, 6.07) is 6.99. The van der Waals surface area contributed by atoms with Crippen molar-refractivity contribution in [1.82, 2.24) is 25.4 Å². The second-order valence-corrected chi connectivity index (χ2v) is 7.49. The Hall–Kier alpha value is -2.06. The number of hydrogen-bond acceptors (Lipinski definition) is 5. The van der Waals surface area contributed by atoms with Crippen LogP contribution in [0.4, 0.5) is 4.79 Å². The summed E-state index contributed by atoms with van der Waals surface area (Å²) in [6.07, 6.45) is 6.95. The van der Waals surface area contributed by atoms with Crippen molar-refractivity contribution >= 4 is 35.3 Å². The number of benzene rings is 1. The zero-order valence-corrected chi connectivity index (χ0v) is 15.7. The molecule has 26 heavy (non-hydrogen) atoms. The van der Waals surface area contributed by atoms with Crippen LogP contribution in [0, 0.1) is 0 Å². The fraction of sp³-hybridized carbons (Fsp3) is 0.412. The van der Waals surface area contributed by atoms with Gasteiger partial charge in [0.25, 0.3) is 0 Å². The quantitative estimate of drug-likeness (QED) is 0.761. The molecular weight excluding hydrogens is 374 g/mol. The normalized spacial score (nSPS) is 14.8. The van der Waals surface area contributed by atoms with Gasteiger partial charge in [0.05, 0.1) is 11.4 Å². The summed E-state index contributed by atoms with van der Waals surface area (Å²) in [4.78, 5) is 23.9. The minimum Gasteiger partial charge on any atom is -0.335 e. The van der Waals surface area contributed by atoms with Gasteiger partial charge >= 0.3 is 6.03 Å². The zero-order valence-electron chi connectivity index (χ0n) is 14.2. The largest absolute Gasteiger partial charge is 0.335 e. The summed E-state index contributed by atoms with van der Waals surface area (Å²) in [7, 11) is 0. The van der Waals surface area contributed by atoms with E-state index in [0.717, 1.165) is 31.4 Å². The predicted octanol–water partition coefficient (Wildman–Crippen LogP) is 3.17. The molecule has 9 heteroatoms. The van der Waals surface area contributed by atoms with Crippen LogP contribution in [-0.4, -0.2) is 38.5 Å². The highest BCUT2D eigenvalue weighted by Crippen LogP contribution is 2.21. The maximum absolute atomic E-state index is 12.0. The highest BCUT2D eigenvalue weighted by Gasteiger charge is 2.17. The van der Waals surface area contributed by atoms with E-state index in [9.17, 15) is 9.59 Å². The summed E-state index contributed by atoms with van der Waals surface area (Å²) in [5.41, 5.74) is 0.806. The van der Waals surface area contributed by atoms with E-state index in [1.807, 2.05) is 12.1 Å². The van der Waals surface area contributed by atoms with Gasteiger partial charge in [-0.25, -0.2) is 4.79 Å². The molecule has 0 spiro atoms. The Morgan fingerprint density at radius 1 is 1.27 bits per heavy atom. The van der Waals surface area contributed by atoms with Crippen LogP contribution in [-0.2, 0) is 4.79 Å². The molecule has 0 saturated heterocycles. The maximum atomic E-state index is 12.0. The first kappa shape index (κ1) is 18.7. The molecule has 1 aromatic carbocycles. The molecule has 0 unspecified atom stereocenters. The van der Waals surface area contributed by atoms with Crippen molar-refractivity contribution < 1.29 is 9.59 Å². The molecule has 1 heterocycles. The van der Waals surface area contributed by atoms with Gasteiger partial charge in [0, 0.05) is 11.1 Å². The average molecular weight is 394 g/mol. The van der Waals surface area contributed by atoms with Crippen LogP contribution in [0.15, 0.2) is 35.7 Å². The average Bonchev–Trinajstić information content (AvgIpc) is 3.09. The minimum atomic E-state index is -0.432. The summed E-state index contributed by atoms with van der Waals surface area (Å²) >= 11 is 7.21. The number of halogens is 1. The summed E-state index contributed by atoms with van der Waals surface area (Å²) in [5, 5.41) is 14.3. The number of carbonyl (C=O) groups is 2. The molecule has 1 aromatic heterocycles. The van der Waals surface area contributed by atoms with Gasteiger partial charge in [-0.2, -0.15) is 0 Å². The van der Waals surface area contributed by atoms with E-state index in [-0.39, 0.29) is 17.7 Å². The molecule has 138 valence electrons. The van der Waals surface area contributed by atoms with Crippen LogP contribution in [0.3, 0.4) is 0 Å². The van der Waals surface area contributed by atoms with Crippen molar-refractivity contribution in [3.8, 4) is 5.69 Å². The Bertz CT molecular complexity index is 776. The number of nitrogens with zero attached hydrogens (tertiary/aromatic N) is 3. The number of urea groups is 1. The lowest BCUT2D eigenvalue weighted by Crippen LogP contribution is -2.45. The van der Waals surface area contributed by atoms with Crippen molar-refractivity contribution in [3.05, 3.63) is 35.6 Å². The lowest BCUT2D eigenvalue weighted by atomic mass is 9.96. The number of carbonyl (C=O) groups excluding carboxylic acids is 2. The molecule has 7 nitrogen and oxygen atoms in total. The number of nitrogens with one attached hydrogen (secondary N) is 2. The summed E-state index contributed by atoms with van der Waals surface area (Å²) in [6.45, 7) is 0. The van der Waals surface area contributed by atoms with Crippen molar-refractivity contribution in [2.45, 2.75) is 43.3 Å². The number of rotatable bonds is 5. The molecular formula is C17H20ClN5O2S. The third-order valence-electron chi connectivity index (χ3n) is 4.13. The number of imide groups is 1. The van der Waals surface area contributed by atoms with Crippen LogP contribution in [0.25, 0.3) is 5.69 Å². The Morgan fingerprint density at radius 3 is 2.85 bits per heavy atom. The minimum absolute atomic E-state index is 0.0668. The topological polar surface area (TPSA) is 88.9 Å². The summed E-state index contributed by atoms with van der Waals surface area (Å²) in [5.74, 6) is -0.305. The molecule has 1 saturated carbocycles. The molecule has 3 rings (SSSR count). The van der Waals surface area contributed by atoms with Gasteiger partial charge in [-0.1, -0.05) is 48.7 Å². The molecule has 2 aromatic rings. The number of hydrogen-bond donors (Lipinski definition) is 2. The van der Waals surface area contributed by atoms with Crippen LogP contribution in [0.2, 0.25) is 5.02 Å². The molecule has 0 atom stereocenters. The second kappa shape index (κ2) is 9.05.